The third kappa shape index (κ3) is 5.36. The van der Waals surface area contributed by atoms with E-state index >= 15 is 0 Å². The summed E-state index contributed by atoms with van der Waals surface area (Å²) in [6.07, 6.45) is 4.37. The van der Waals surface area contributed by atoms with Gasteiger partial charge in [0.2, 0.25) is 5.95 Å². The Morgan fingerprint density at radius 1 is 1.30 bits per heavy atom. The summed E-state index contributed by atoms with van der Waals surface area (Å²) in [6.45, 7) is 0.295. The Balaban J connectivity index is 1.95. The van der Waals surface area contributed by atoms with Crippen LogP contribution in [0.1, 0.15) is 5.56 Å². The number of rotatable bonds is 5. The number of halogens is 2. The van der Waals surface area contributed by atoms with Gasteiger partial charge in [-0.3, -0.25) is 4.79 Å². The molecule has 116 valence electrons. The number of amides is 1. The van der Waals surface area contributed by atoms with E-state index in [1.165, 1.54) is 6.20 Å². The lowest BCUT2D eigenvalue weighted by Crippen LogP contribution is -2.24. The molecule has 2 aromatic rings. The Morgan fingerprint density at radius 3 is 2.57 bits per heavy atom. The molecule has 0 aliphatic heterocycles. The standard InChI is InChI=1S/C15H11BrClN5O/c16-12-8-21-15(22-9-12)20-7-11(5-18)14(23)19-6-10-1-3-13(17)4-2-10/h1-4,7-9H,6H2,(H,19,23)(H,20,21,22)/b11-7-. The normalized spacial score (nSPS) is 10.7. The third-order valence-electron chi connectivity index (χ3n) is 2.70. The van der Waals surface area contributed by atoms with Gasteiger partial charge in [0.15, 0.2) is 0 Å². The van der Waals surface area contributed by atoms with Crippen molar-refractivity contribution in [1.82, 2.24) is 15.3 Å². The number of hydrogen-bond donors (Lipinski definition) is 2. The smallest absolute Gasteiger partial charge is 0.263 e. The molecule has 0 radical (unpaired) electrons. The highest BCUT2D eigenvalue weighted by Gasteiger charge is 2.08. The Bertz CT molecular complexity index is 753. The molecule has 0 aliphatic carbocycles. The van der Waals surface area contributed by atoms with Gasteiger partial charge in [0.25, 0.3) is 5.91 Å². The predicted octanol–water partition coefficient (Wildman–Crippen LogP) is 3.03. The molecule has 2 rings (SSSR count). The summed E-state index contributed by atoms with van der Waals surface area (Å²) < 4.78 is 0.730. The van der Waals surface area contributed by atoms with Gasteiger partial charge in [0.05, 0.1) is 4.47 Å². The first-order chi connectivity index (χ1) is 11.1. The van der Waals surface area contributed by atoms with Crippen molar-refractivity contribution in [1.29, 1.82) is 5.26 Å². The van der Waals surface area contributed by atoms with E-state index in [4.69, 9.17) is 16.9 Å². The van der Waals surface area contributed by atoms with Crippen LogP contribution in [0.2, 0.25) is 5.02 Å². The zero-order valence-electron chi connectivity index (χ0n) is 11.8. The van der Waals surface area contributed by atoms with Crippen LogP contribution >= 0.6 is 27.5 Å². The molecule has 1 aromatic carbocycles. The molecule has 0 atom stereocenters. The maximum atomic E-state index is 12.0. The SMILES string of the molecule is N#C/C(=C/Nc1ncc(Br)cn1)C(=O)NCc1ccc(Cl)cc1. The zero-order valence-corrected chi connectivity index (χ0v) is 14.1. The minimum absolute atomic E-state index is 0.0783. The Hall–Kier alpha value is -2.43. The van der Waals surface area contributed by atoms with E-state index in [0.717, 1.165) is 10.0 Å². The van der Waals surface area contributed by atoms with E-state index in [1.807, 2.05) is 6.07 Å². The maximum Gasteiger partial charge on any atom is 0.263 e. The van der Waals surface area contributed by atoms with Crippen LogP contribution in [0.25, 0.3) is 0 Å². The highest BCUT2D eigenvalue weighted by molar-refractivity contribution is 9.10. The molecule has 0 bridgehead atoms. The monoisotopic (exact) mass is 391 g/mol. The van der Waals surface area contributed by atoms with Gasteiger partial charge >= 0.3 is 0 Å². The van der Waals surface area contributed by atoms with Gasteiger partial charge < -0.3 is 10.6 Å². The van der Waals surface area contributed by atoms with Gasteiger partial charge in [-0.2, -0.15) is 5.26 Å². The number of anilines is 1. The minimum Gasteiger partial charge on any atom is -0.347 e. The molecule has 2 N–H and O–H groups in total. The van der Waals surface area contributed by atoms with Crippen molar-refractivity contribution in [2.24, 2.45) is 0 Å². The fourth-order valence-corrected chi connectivity index (χ4v) is 1.88. The summed E-state index contributed by atoms with van der Waals surface area (Å²) in [5.41, 5.74) is 0.801. The molecule has 0 saturated heterocycles. The minimum atomic E-state index is -0.493. The fourth-order valence-electron chi connectivity index (χ4n) is 1.55. The molecule has 0 fully saturated rings. The van der Waals surface area contributed by atoms with Crippen LogP contribution in [0.15, 0.2) is 52.9 Å². The summed E-state index contributed by atoms with van der Waals surface area (Å²) in [5, 5.41) is 15.0. The van der Waals surface area contributed by atoms with Crippen LogP contribution in [-0.4, -0.2) is 15.9 Å². The van der Waals surface area contributed by atoms with Crippen LogP contribution in [0, 0.1) is 11.3 Å². The molecule has 1 amide bonds. The van der Waals surface area contributed by atoms with Crippen LogP contribution in [0.5, 0.6) is 0 Å². The van der Waals surface area contributed by atoms with Crippen molar-refractivity contribution in [2.45, 2.75) is 6.54 Å². The number of nitriles is 1. The summed E-state index contributed by atoms with van der Waals surface area (Å²) in [6, 6.07) is 8.89. The van der Waals surface area contributed by atoms with Crippen molar-refractivity contribution >= 4 is 39.4 Å². The largest absolute Gasteiger partial charge is 0.347 e. The molecule has 23 heavy (non-hydrogen) atoms. The molecule has 0 saturated carbocycles. The second-order valence-electron chi connectivity index (χ2n) is 4.35. The highest BCUT2D eigenvalue weighted by atomic mass is 79.9. The van der Waals surface area contributed by atoms with Crippen molar-refractivity contribution < 1.29 is 4.79 Å². The first-order valence-electron chi connectivity index (χ1n) is 6.45. The topological polar surface area (TPSA) is 90.7 Å². The van der Waals surface area contributed by atoms with Gasteiger partial charge in [-0.05, 0) is 33.6 Å². The van der Waals surface area contributed by atoms with E-state index in [9.17, 15) is 4.79 Å². The molecule has 8 heteroatoms. The van der Waals surface area contributed by atoms with Crippen LogP contribution in [0.3, 0.4) is 0 Å². The van der Waals surface area contributed by atoms with E-state index in [-0.39, 0.29) is 11.5 Å². The first kappa shape index (κ1) is 16.9. The molecule has 1 heterocycles. The number of hydrogen-bond acceptors (Lipinski definition) is 5. The molecule has 0 unspecified atom stereocenters. The molecule has 1 aromatic heterocycles. The highest BCUT2D eigenvalue weighted by Crippen LogP contribution is 2.10. The third-order valence-corrected chi connectivity index (χ3v) is 3.36. The lowest BCUT2D eigenvalue weighted by molar-refractivity contribution is -0.117. The number of carbonyl (C=O) groups is 1. The maximum absolute atomic E-state index is 12.0. The second-order valence-corrected chi connectivity index (χ2v) is 5.70. The number of nitrogens with one attached hydrogen (secondary N) is 2. The van der Waals surface area contributed by atoms with Crippen molar-refractivity contribution in [3.05, 3.63) is 63.5 Å². The van der Waals surface area contributed by atoms with E-state index < -0.39 is 5.91 Å². The molecule has 6 nitrogen and oxygen atoms in total. The fraction of sp³-hybridized carbons (Fsp3) is 0.0667. The van der Waals surface area contributed by atoms with Crippen molar-refractivity contribution in [3.8, 4) is 6.07 Å². The summed E-state index contributed by atoms with van der Waals surface area (Å²) in [5.74, 6) is -0.210. The first-order valence-corrected chi connectivity index (χ1v) is 7.62. The van der Waals surface area contributed by atoms with E-state index in [1.54, 1.807) is 36.7 Å². The van der Waals surface area contributed by atoms with Crippen LogP contribution in [0.4, 0.5) is 5.95 Å². The van der Waals surface area contributed by atoms with Crippen LogP contribution in [-0.2, 0) is 11.3 Å². The average molecular weight is 393 g/mol. The van der Waals surface area contributed by atoms with Crippen molar-refractivity contribution in [3.63, 3.8) is 0 Å². The van der Waals surface area contributed by atoms with Gasteiger partial charge in [0, 0.05) is 30.2 Å². The van der Waals surface area contributed by atoms with Crippen LogP contribution < -0.4 is 10.6 Å². The van der Waals surface area contributed by atoms with Gasteiger partial charge in [-0.15, -0.1) is 0 Å². The number of nitrogens with zero attached hydrogens (tertiary/aromatic N) is 3. The number of aromatic nitrogens is 2. The zero-order chi connectivity index (χ0) is 16.7. The lowest BCUT2D eigenvalue weighted by atomic mass is 10.2. The Labute approximate surface area is 146 Å². The molecular formula is C15H11BrClN5O. The van der Waals surface area contributed by atoms with Crippen molar-refractivity contribution in [2.75, 3.05) is 5.32 Å². The molecule has 0 spiro atoms. The molecule has 0 aliphatic rings. The summed E-state index contributed by atoms with van der Waals surface area (Å²) >= 11 is 9.01. The Kier molecular flexibility index (Phi) is 6.09. The predicted molar refractivity (Wildman–Crippen MR) is 90.3 cm³/mol. The Morgan fingerprint density at radius 2 is 1.96 bits per heavy atom. The summed E-state index contributed by atoms with van der Waals surface area (Å²) in [7, 11) is 0. The second kappa shape index (κ2) is 8.27. The van der Waals surface area contributed by atoms with Gasteiger partial charge in [0.1, 0.15) is 11.6 Å². The quantitative estimate of drug-likeness (QED) is 0.603. The molecular weight excluding hydrogens is 382 g/mol. The van der Waals surface area contributed by atoms with Gasteiger partial charge in [-0.1, -0.05) is 23.7 Å². The van der Waals surface area contributed by atoms with Gasteiger partial charge in [-0.25, -0.2) is 9.97 Å². The average Bonchev–Trinajstić information content (AvgIpc) is 2.56. The number of benzene rings is 1. The number of carbonyl (C=O) groups excluding carboxylic acids is 1. The van der Waals surface area contributed by atoms with E-state index in [0.29, 0.717) is 11.6 Å². The summed E-state index contributed by atoms with van der Waals surface area (Å²) in [4.78, 5) is 19.9. The van der Waals surface area contributed by atoms with E-state index in [2.05, 4.69) is 36.5 Å². The lowest BCUT2D eigenvalue weighted by Gasteiger charge is -2.05.